The van der Waals surface area contributed by atoms with Gasteiger partial charge in [-0.2, -0.15) is 5.10 Å². The molecule has 6 heteroatoms. The van der Waals surface area contributed by atoms with Gasteiger partial charge in [0.15, 0.2) is 5.13 Å². The van der Waals surface area contributed by atoms with Gasteiger partial charge in [0, 0.05) is 5.38 Å². The largest absolute Gasteiger partial charge is 0.375 e. The highest BCUT2D eigenvalue weighted by molar-refractivity contribution is 7.13. The molecule has 0 spiro atoms. The van der Waals surface area contributed by atoms with Crippen molar-refractivity contribution >= 4 is 28.6 Å². The number of carbonyl (C=O) groups excluding carboxylic acids is 1. The lowest BCUT2D eigenvalue weighted by Gasteiger charge is -1.98. The zero-order valence-electron chi connectivity index (χ0n) is 11.2. The van der Waals surface area contributed by atoms with Crippen LogP contribution in [0.3, 0.4) is 0 Å². The van der Waals surface area contributed by atoms with E-state index in [0.717, 1.165) is 12.0 Å². The molecule has 20 heavy (non-hydrogen) atoms. The lowest BCUT2D eigenvalue weighted by atomic mass is 10.1. The van der Waals surface area contributed by atoms with Gasteiger partial charge in [-0.3, -0.25) is 4.79 Å². The molecule has 0 aliphatic carbocycles. The Bertz CT molecular complexity index is 604. The van der Waals surface area contributed by atoms with E-state index in [1.54, 1.807) is 11.6 Å². The van der Waals surface area contributed by atoms with Crippen molar-refractivity contribution in [2.45, 2.75) is 19.8 Å². The van der Waals surface area contributed by atoms with E-state index >= 15 is 0 Å². The van der Waals surface area contributed by atoms with Gasteiger partial charge in [-0.25, -0.2) is 10.4 Å². The third-order valence-corrected chi connectivity index (χ3v) is 3.42. The molecule has 1 amide bonds. The van der Waals surface area contributed by atoms with Gasteiger partial charge in [0.25, 0.3) is 0 Å². The van der Waals surface area contributed by atoms with Crippen molar-refractivity contribution in [3.05, 3.63) is 46.5 Å². The Labute approximate surface area is 121 Å². The average molecular weight is 288 g/mol. The Kier molecular flexibility index (Phi) is 4.84. The van der Waals surface area contributed by atoms with E-state index in [4.69, 9.17) is 5.73 Å². The van der Waals surface area contributed by atoms with Crippen molar-refractivity contribution in [1.82, 2.24) is 10.4 Å². The summed E-state index contributed by atoms with van der Waals surface area (Å²) in [6.45, 7) is 2.11. The summed E-state index contributed by atoms with van der Waals surface area (Å²) in [5.41, 5.74) is 10.8. The Morgan fingerprint density at radius 3 is 2.80 bits per heavy atom. The van der Waals surface area contributed by atoms with Crippen LogP contribution < -0.4 is 11.2 Å². The second kappa shape index (κ2) is 6.81. The van der Waals surface area contributed by atoms with Gasteiger partial charge in [-0.15, -0.1) is 11.3 Å². The summed E-state index contributed by atoms with van der Waals surface area (Å²) in [5.74, 6) is -0.211. The van der Waals surface area contributed by atoms with Crippen LogP contribution in [0.15, 0.2) is 34.7 Å². The molecule has 1 aromatic carbocycles. The smallest absolute Gasteiger partial charge is 0.246 e. The SMILES string of the molecule is CCc1ccc(/C=N/NC(=O)Cc2csc(N)n2)cc1. The highest BCUT2D eigenvalue weighted by Crippen LogP contribution is 2.11. The van der Waals surface area contributed by atoms with Gasteiger partial charge in [0.05, 0.1) is 18.3 Å². The third-order valence-electron chi connectivity index (χ3n) is 2.70. The number of hydrogen-bond donors (Lipinski definition) is 2. The number of nitrogens with two attached hydrogens (primary N) is 1. The van der Waals surface area contributed by atoms with Gasteiger partial charge < -0.3 is 5.73 Å². The maximum Gasteiger partial charge on any atom is 0.246 e. The first kappa shape index (κ1) is 14.2. The van der Waals surface area contributed by atoms with Crippen molar-refractivity contribution in [3.8, 4) is 0 Å². The maximum atomic E-state index is 11.6. The topological polar surface area (TPSA) is 80.4 Å². The van der Waals surface area contributed by atoms with E-state index < -0.39 is 0 Å². The summed E-state index contributed by atoms with van der Waals surface area (Å²) < 4.78 is 0. The predicted molar refractivity (Wildman–Crippen MR) is 81.8 cm³/mol. The van der Waals surface area contributed by atoms with E-state index in [2.05, 4.69) is 22.4 Å². The van der Waals surface area contributed by atoms with Crippen LogP contribution in [0, 0.1) is 0 Å². The number of aryl methyl sites for hydroxylation is 1. The lowest BCUT2D eigenvalue weighted by Crippen LogP contribution is -2.19. The molecule has 0 saturated heterocycles. The average Bonchev–Trinajstić information content (AvgIpc) is 2.85. The van der Waals surface area contributed by atoms with Crippen molar-refractivity contribution in [1.29, 1.82) is 0 Å². The van der Waals surface area contributed by atoms with Crippen LogP contribution in [0.2, 0.25) is 0 Å². The van der Waals surface area contributed by atoms with E-state index in [9.17, 15) is 4.79 Å². The molecular formula is C14H16N4OS. The number of amides is 1. The van der Waals surface area contributed by atoms with Crippen LogP contribution >= 0.6 is 11.3 Å². The summed E-state index contributed by atoms with van der Waals surface area (Å²) in [4.78, 5) is 15.6. The number of nitrogens with one attached hydrogen (secondary N) is 1. The molecule has 0 saturated carbocycles. The molecular weight excluding hydrogens is 272 g/mol. The molecule has 0 aliphatic heterocycles. The number of hydrogen-bond acceptors (Lipinski definition) is 5. The number of nitrogens with zero attached hydrogens (tertiary/aromatic N) is 2. The van der Waals surface area contributed by atoms with Crippen LogP contribution in [0.25, 0.3) is 0 Å². The van der Waals surface area contributed by atoms with E-state index in [1.807, 2.05) is 24.3 Å². The first-order valence-corrected chi connectivity index (χ1v) is 7.16. The number of thiazole rings is 1. The molecule has 5 nitrogen and oxygen atoms in total. The molecule has 1 heterocycles. The third kappa shape index (κ3) is 4.17. The number of rotatable bonds is 5. The molecule has 0 bridgehead atoms. The molecule has 2 aromatic rings. The van der Waals surface area contributed by atoms with Crippen LogP contribution in [0.1, 0.15) is 23.7 Å². The van der Waals surface area contributed by atoms with E-state index in [-0.39, 0.29) is 12.3 Å². The van der Waals surface area contributed by atoms with E-state index in [0.29, 0.717) is 10.8 Å². The molecule has 0 unspecified atom stereocenters. The molecule has 2 rings (SSSR count). The van der Waals surface area contributed by atoms with Crippen LogP contribution in [0.5, 0.6) is 0 Å². The summed E-state index contributed by atoms with van der Waals surface area (Å²) >= 11 is 1.32. The minimum absolute atomic E-state index is 0.180. The number of benzene rings is 1. The molecule has 0 aliphatic rings. The summed E-state index contributed by atoms with van der Waals surface area (Å²) in [6.07, 6.45) is 2.80. The quantitative estimate of drug-likeness (QED) is 0.652. The lowest BCUT2D eigenvalue weighted by molar-refractivity contribution is -0.120. The fraction of sp³-hybridized carbons (Fsp3) is 0.214. The van der Waals surface area contributed by atoms with E-state index in [1.165, 1.54) is 16.9 Å². The van der Waals surface area contributed by atoms with Gasteiger partial charge in [-0.05, 0) is 17.5 Å². The zero-order chi connectivity index (χ0) is 14.4. The highest BCUT2D eigenvalue weighted by atomic mass is 32.1. The van der Waals surface area contributed by atoms with Crippen molar-refractivity contribution in [2.75, 3.05) is 5.73 Å². The second-order valence-corrected chi connectivity index (χ2v) is 5.13. The summed E-state index contributed by atoms with van der Waals surface area (Å²) in [6, 6.07) is 8.02. The molecule has 3 N–H and O–H groups in total. The summed E-state index contributed by atoms with van der Waals surface area (Å²) in [7, 11) is 0. The Morgan fingerprint density at radius 1 is 1.45 bits per heavy atom. The number of hydrazone groups is 1. The Morgan fingerprint density at radius 2 is 2.20 bits per heavy atom. The predicted octanol–water partition coefficient (Wildman–Crippen LogP) is 1.98. The number of nitrogen functional groups attached to an aromatic ring is 1. The molecule has 104 valence electrons. The van der Waals surface area contributed by atoms with Crippen molar-refractivity contribution in [3.63, 3.8) is 0 Å². The normalized spacial score (nSPS) is 10.8. The Hall–Kier alpha value is -2.21. The van der Waals surface area contributed by atoms with Gasteiger partial charge in [0.1, 0.15) is 0 Å². The fourth-order valence-corrected chi connectivity index (χ4v) is 2.19. The van der Waals surface area contributed by atoms with Crippen molar-refractivity contribution in [2.24, 2.45) is 5.10 Å². The highest BCUT2D eigenvalue weighted by Gasteiger charge is 2.05. The number of carbonyl (C=O) groups is 1. The van der Waals surface area contributed by atoms with Crippen LogP contribution in [0.4, 0.5) is 5.13 Å². The molecule has 0 radical (unpaired) electrons. The number of aromatic nitrogens is 1. The minimum Gasteiger partial charge on any atom is -0.375 e. The zero-order valence-corrected chi connectivity index (χ0v) is 12.0. The van der Waals surface area contributed by atoms with Crippen LogP contribution in [-0.4, -0.2) is 17.1 Å². The molecule has 0 fully saturated rings. The van der Waals surface area contributed by atoms with Gasteiger partial charge in [0.2, 0.25) is 5.91 Å². The molecule has 1 aromatic heterocycles. The van der Waals surface area contributed by atoms with Crippen LogP contribution in [-0.2, 0) is 17.6 Å². The minimum atomic E-state index is -0.211. The van der Waals surface area contributed by atoms with Crippen molar-refractivity contribution < 1.29 is 4.79 Å². The first-order valence-electron chi connectivity index (χ1n) is 6.28. The van der Waals surface area contributed by atoms with Gasteiger partial charge in [-0.1, -0.05) is 31.2 Å². The maximum absolute atomic E-state index is 11.6. The molecule has 0 atom stereocenters. The number of anilines is 1. The first-order chi connectivity index (χ1) is 9.67. The standard InChI is InChI=1S/C14H16N4OS/c1-2-10-3-5-11(6-4-10)8-16-18-13(19)7-12-9-20-14(15)17-12/h3-6,8-9H,2,7H2,1H3,(H2,15,17)(H,18,19)/b16-8+. The summed E-state index contributed by atoms with van der Waals surface area (Å²) in [5, 5.41) is 6.15. The Balaban J connectivity index is 1.84. The monoisotopic (exact) mass is 288 g/mol. The fourth-order valence-electron chi connectivity index (χ4n) is 1.63. The van der Waals surface area contributed by atoms with Gasteiger partial charge >= 0.3 is 0 Å². The second-order valence-electron chi connectivity index (χ2n) is 4.24.